The van der Waals surface area contributed by atoms with Gasteiger partial charge in [0, 0.05) is 0 Å². The smallest absolute Gasteiger partial charge is 0.325 e. The fraction of sp³-hybridized carbons (Fsp3) is 0.280. The van der Waals surface area contributed by atoms with E-state index in [-0.39, 0.29) is 12.6 Å². The highest BCUT2D eigenvalue weighted by Gasteiger charge is 2.49. The Morgan fingerprint density at radius 2 is 1.82 bits per heavy atom. The predicted molar refractivity (Wildman–Crippen MR) is 124 cm³/mol. The van der Waals surface area contributed by atoms with Gasteiger partial charge >= 0.3 is 6.03 Å². The maximum atomic E-state index is 13.1. The van der Waals surface area contributed by atoms with E-state index in [0.29, 0.717) is 17.8 Å². The number of nitrogens with one attached hydrogen (secondary N) is 3. The van der Waals surface area contributed by atoms with Gasteiger partial charge in [-0.05, 0) is 31.4 Å². The third-order valence-corrected chi connectivity index (χ3v) is 5.96. The summed E-state index contributed by atoms with van der Waals surface area (Å²) in [5.41, 5.74) is 2.36. The molecule has 0 aliphatic carbocycles. The summed E-state index contributed by atoms with van der Waals surface area (Å²) in [6.45, 7) is 5.16. The summed E-state index contributed by atoms with van der Waals surface area (Å²) in [5, 5.41) is 5.61. The van der Waals surface area contributed by atoms with Crippen LogP contribution in [0.2, 0.25) is 0 Å². The minimum Gasteiger partial charge on any atom is -0.345 e. The van der Waals surface area contributed by atoms with Crippen LogP contribution in [0, 0.1) is 6.92 Å². The third kappa shape index (κ3) is 4.37. The number of rotatable bonds is 7. The Balaban J connectivity index is 1.44. The third-order valence-electron chi connectivity index (χ3n) is 5.96. The number of imide groups is 1. The molecule has 1 aromatic heterocycles. The Kier molecular flexibility index (Phi) is 6.00. The van der Waals surface area contributed by atoms with E-state index in [9.17, 15) is 14.4 Å². The predicted octanol–water partition coefficient (Wildman–Crippen LogP) is 3.42. The minimum atomic E-state index is -1.21. The molecule has 1 aliphatic heterocycles. The molecule has 4 rings (SSSR count). The van der Waals surface area contributed by atoms with Gasteiger partial charge < -0.3 is 15.6 Å². The number of carbonyl (C=O) groups excluding carboxylic acids is 3. The van der Waals surface area contributed by atoms with Crippen LogP contribution < -0.4 is 10.6 Å². The summed E-state index contributed by atoms with van der Waals surface area (Å²) in [5.74, 6) is -0.272. The fourth-order valence-electron chi connectivity index (χ4n) is 3.95. The molecule has 1 saturated heterocycles. The molecule has 170 valence electrons. The Bertz CT molecular complexity index is 1170. The van der Waals surface area contributed by atoms with Crippen molar-refractivity contribution in [2.75, 3.05) is 6.54 Å². The zero-order valence-electron chi connectivity index (χ0n) is 18.9. The number of aromatic nitrogens is 2. The van der Waals surface area contributed by atoms with E-state index >= 15 is 0 Å². The number of H-pyrrole nitrogens is 1. The number of nitrogens with zero attached hydrogens (tertiary/aromatic N) is 2. The van der Waals surface area contributed by atoms with E-state index in [1.807, 2.05) is 68.4 Å². The number of imidazole rings is 1. The second-order valence-corrected chi connectivity index (χ2v) is 8.39. The Hall–Kier alpha value is -3.94. The maximum Gasteiger partial charge on any atom is 0.325 e. The van der Waals surface area contributed by atoms with E-state index in [4.69, 9.17) is 0 Å². The summed E-state index contributed by atoms with van der Waals surface area (Å²) in [6.07, 6.45) is 2.32. The molecule has 1 fully saturated rings. The molecule has 8 heteroatoms. The molecule has 4 amide bonds. The molecule has 0 saturated carbocycles. The van der Waals surface area contributed by atoms with Crippen molar-refractivity contribution in [1.29, 1.82) is 0 Å². The molecule has 2 heterocycles. The molecule has 2 aromatic carbocycles. The van der Waals surface area contributed by atoms with Gasteiger partial charge in [-0.15, -0.1) is 0 Å². The standard InChI is InChI=1S/C25H27N5O3/c1-4-19(22-26-14-20(28-22)17-8-6-5-7-9-17)27-21(31)15-30-23(32)25(3,29-24(30)33)18-12-10-16(2)11-13-18/h5-14,19H,4,15H2,1-3H3,(H,26,28)(H,27,31)(H,29,33). The number of hydrogen-bond donors (Lipinski definition) is 3. The van der Waals surface area contributed by atoms with Crippen molar-refractivity contribution < 1.29 is 14.4 Å². The summed E-state index contributed by atoms with van der Waals surface area (Å²) in [4.78, 5) is 47.0. The van der Waals surface area contributed by atoms with Gasteiger partial charge in [0.25, 0.3) is 5.91 Å². The lowest BCUT2D eigenvalue weighted by atomic mass is 9.91. The van der Waals surface area contributed by atoms with Crippen LogP contribution in [0.1, 0.15) is 43.3 Å². The molecule has 0 radical (unpaired) electrons. The van der Waals surface area contributed by atoms with Crippen molar-refractivity contribution in [3.8, 4) is 11.3 Å². The van der Waals surface area contributed by atoms with Crippen molar-refractivity contribution in [2.24, 2.45) is 0 Å². The van der Waals surface area contributed by atoms with Gasteiger partial charge in [0.05, 0.1) is 17.9 Å². The lowest BCUT2D eigenvalue weighted by molar-refractivity contribution is -0.135. The van der Waals surface area contributed by atoms with Crippen LogP contribution in [0.15, 0.2) is 60.8 Å². The van der Waals surface area contributed by atoms with Crippen molar-refractivity contribution in [1.82, 2.24) is 25.5 Å². The molecule has 0 bridgehead atoms. The SMILES string of the molecule is CCC(NC(=O)CN1C(=O)NC(C)(c2ccc(C)cc2)C1=O)c1ncc(-c2ccccc2)[nH]1. The van der Waals surface area contributed by atoms with Crippen LogP contribution in [0.25, 0.3) is 11.3 Å². The Labute approximate surface area is 192 Å². The number of aromatic amines is 1. The first kappa shape index (κ1) is 22.3. The molecule has 2 atom stereocenters. The van der Waals surface area contributed by atoms with E-state index < -0.39 is 23.4 Å². The number of hydrogen-bond acceptors (Lipinski definition) is 4. The summed E-state index contributed by atoms with van der Waals surface area (Å²) < 4.78 is 0. The lowest BCUT2D eigenvalue weighted by Crippen LogP contribution is -2.44. The molecule has 33 heavy (non-hydrogen) atoms. The Morgan fingerprint density at radius 3 is 2.48 bits per heavy atom. The molecule has 3 aromatic rings. The first-order chi connectivity index (χ1) is 15.8. The molecule has 2 unspecified atom stereocenters. The topological polar surface area (TPSA) is 107 Å². The normalized spacial score (nSPS) is 18.8. The number of benzene rings is 2. The average molecular weight is 446 g/mol. The van der Waals surface area contributed by atoms with Crippen LogP contribution in [-0.2, 0) is 15.1 Å². The number of urea groups is 1. The van der Waals surface area contributed by atoms with Crippen molar-refractivity contribution in [3.05, 3.63) is 77.7 Å². The van der Waals surface area contributed by atoms with Crippen LogP contribution in [-0.4, -0.2) is 39.3 Å². The lowest BCUT2D eigenvalue weighted by Gasteiger charge is -2.22. The molecule has 3 N–H and O–H groups in total. The summed E-state index contributed by atoms with van der Waals surface area (Å²) in [7, 11) is 0. The summed E-state index contributed by atoms with van der Waals surface area (Å²) >= 11 is 0. The van der Waals surface area contributed by atoms with E-state index in [0.717, 1.165) is 21.7 Å². The van der Waals surface area contributed by atoms with Gasteiger partial charge in [-0.3, -0.25) is 14.5 Å². The maximum absolute atomic E-state index is 13.1. The largest absolute Gasteiger partial charge is 0.345 e. The monoisotopic (exact) mass is 445 g/mol. The fourth-order valence-corrected chi connectivity index (χ4v) is 3.95. The van der Waals surface area contributed by atoms with E-state index in [1.165, 1.54) is 0 Å². The van der Waals surface area contributed by atoms with Crippen LogP contribution in [0.3, 0.4) is 0 Å². The average Bonchev–Trinajstić information content (AvgIpc) is 3.38. The zero-order chi connectivity index (χ0) is 23.6. The summed E-state index contributed by atoms with van der Waals surface area (Å²) in [6, 6.07) is 16.2. The molecule has 8 nitrogen and oxygen atoms in total. The highest BCUT2D eigenvalue weighted by atomic mass is 16.2. The number of aryl methyl sites for hydroxylation is 1. The van der Waals surface area contributed by atoms with Crippen molar-refractivity contribution in [2.45, 2.75) is 38.8 Å². The number of amides is 4. The van der Waals surface area contributed by atoms with E-state index in [1.54, 1.807) is 13.1 Å². The zero-order valence-corrected chi connectivity index (χ0v) is 18.9. The second kappa shape index (κ2) is 8.90. The minimum absolute atomic E-state index is 0.366. The Morgan fingerprint density at radius 1 is 1.12 bits per heavy atom. The van der Waals surface area contributed by atoms with Crippen LogP contribution in [0.5, 0.6) is 0 Å². The highest BCUT2D eigenvalue weighted by Crippen LogP contribution is 2.29. The van der Waals surface area contributed by atoms with Gasteiger partial charge in [-0.1, -0.05) is 67.1 Å². The quantitative estimate of drug-likeness (QED) is 0.484. The second-order valence-electron chi connectivity index (χ2n) is 8.39. The van der Waals surface area contributed by atoms with Gasteiger partial charge in [0.1, 0.15) is 17.9 Å². The first-order valence-electron chi connectivity index (χ1n) is 10.9. The molecule has 1 aliphatic rings. The van der Waals surface area contributed by atoms with E-state index in [2.05, 4.69) is 20.6 Å². The van der Waals surface area contributed by atoms with Gasteiger partial charge in [0.15, 0.2) is 0 Å². The van der Waals surface area contributed by atoms with Crippen molar-refractivity contribution in [3.63, 3.8) is 0 Å². The van der Waals surface area contributed by atoms with Gasteiger partial charge in [-0.25, -0.2) is 9.78 Å². The number of carbonyl (C=O) groups is 3. The molecule has 0 spiro atoms. The van der Waals surface area contributed by atoms with Crippen molar-refractivity contribution >= 4 is 17.8 Å². The molecular formula is C25H27N5O3. The molecular weight excluding hydrogens is 418 g/mol. The van der Waals surface area contributed by atoms with Crippen LogP contribution in [0.4, 0.5) is 4.79 Å². The highest BCUT2D eigenvalue weighted by molar-refractivity contribution is 6.09. The van der Waals surface area contributed by atoms with Gasteiger partial charge in [0.2, 0.25) is 5.91 Å². The van der Waals surface area contributed by atoms with Crippen LogP contribution >= 0.6 is 0 Å². The van der Waals surface area contributed by atoms with Gasteiger partial charge in [-0.2, -0.15) is 0 Å². The first-order valence-corrected chi connectivity index (χ1v) is 10.9.